The fourth-order valence-corrected chi connectivity index (χ4v) is 2.70. The van der Waals surface area contributed by atoms with E-state index in [1.165, 1.54) is 5.56 Å². The van der Waals surface area contributed by atoms with Crippen LogP contribution in [0, 0.1) is 5.92 Å². The Bertz CT molecular complexity index is 405. The first-order valence-electron chi connectivity index (χ1n) is 7.25. The van der Waals surface area contributed by atoms with Gasteiger partial charge in [0, 0.05) is 13.1 Å². The monoisotopic (exact) mass is 259 g/mol. The SMILES string of the molecule is C=C(CNCC1(O)CCC(C)CC1)c1ccccc1. The van der Waals surface area contributed by atoms with Crippen LogP contribution in [0.15, 0.2) is 36.9 Å². The molecule has 0 atom stereocenters. The lowest BCUT2D eigenvalue weighted by Gasteiger charge is -2.35. The Hall–Kier alpha value is -1.12. The van der Waals surface area contributed by atoms with Gasteiger partial charge in [-0.2, -0.15) is 0 Å². The minimum atomic E-state index is -0.510. The molecular formula is C17H25NO. The molecule has 0 aliphatic heterocycles. The van der Waals surface area contributed by atoms with Gasteiger partial charge in [-0.25, -0.2) is 0 Å². The largest absolute Gasteiger partial charge is 0.389 e. The van der Waals surface area contributed by atoms with E-state index in [9.17, 15) is 5.11 Å². The minimum Gasteiger partial charge on any atom is -0.389 e. The first kappa shape index (κ1) is 14.3. The lowest BCUT2D eigenvalue weighted by atomic mass is 9.79. The van der Waals surface area contributed by atoms with Gasteiger partial charge in [0.1, 0.15) is 0 Å². The van der Waals surface area contributed by atoms with E-state index in [-0.39, 0.29) is 0 Å². The molecule has 0 heterocycles. The summed E-state index contributed by atoms with van der Waals surface area (Å²) in [6.07, 6.45) is 4.10. The summed E-state index contributed by atoms with van der Waals surface area (Å²) in [7, 11) is 0. The number of nitrogens with one attached hydrogen (secondary N) is 1. The van der Waals surface area contributed by atoms with E-state index in [4.69, 9.17) is 0 Å². The Balaban J connectivity index is 1.76. The predicted octanol–water partition coefficient (Wildman–Crippen LogP) is 3.23. The number of hydrogen-bond donors (Lipinski definition) is 2. The maximum Gasteiger partial charge on any atom is 0.0771 e. The standard InChI is InChI=1S/C17H25NO/c1-14-8-10-17(19,11-9-14)13-18-12-15(2)16-6-4-3-5-7-16/h3-7,14,18-19H,2,8-13H2,1H3. The maximum absolute atomic E-state index is 10.5. The van der Waals surface area contributed by atoms with Gasteiger partial charge in [0.25, 0.3) is 0 Å². The van der Waals surface area contributed by atoms with E-state index in [1.54, 1.807) is 0 Å². The quantitative estimate of drug-likeness (QED) is 0.851. The average molecular weight is 259 g/mol. The van der Waals surface area contributed by atoms with E-state index >= 15 is 0 Å². The van der Waals surface area contributed by atoms with Gasteiger partial charge in [-0.1, -0.05) is 43.8 Å². The van der Waals surface area contributed by atoms with Crippen LogP contribution in [0.2, 0.25) is 0 Å². The van der Waals surface area contributed by atoms with Crippen LogP contribution < -0.4 is 5.32 Å². The Morgan fingerprint density at radius 3 is 2.58 bits per heavy atom. The Kier molecular flexibility index (Phi) is 4.78. The molecule has 0 radical (unpaired) electrons. The molecule has 1 saturated carbocycles. The topological polar surface area (TPSA) is 32.3 Å². The van der Waals surface area contributed by atoms with Gasteiger partial charge >= 0.3 is 0 Å². The molecule has 1 aliphatic rings. The minimum absolute atomic E-state index is 0.510. The molecule has 0 unspecified atom stereocenters. The zero-order valence-corrected chi connectivity index (χ0v) is 11.9. The second-order valence-electron chi connectivity index (χ2n) is 5.98. The third-order valence-corrected chi connectivity index (χ3v) is 4.18. The van der Waals surface area contributed by atoms with E-state index in [0.29, 0.717) is 6.54 Å². The molecule has 2 nitrogen and oxygen atoms in total. The van der Waals surface area contributed by atoms with Gasteiger partial charge in [-0.05, 0) is 42.7 Å². The van der Waals surface area contributed by atoms with Crippen molar-refractivity contribution in [3.8, 4) is 0 Å². The summed E-state index contributed by atoms with van der Waals surface area (Å²) in [4.78, 5) is 0. The molecular weight excluding hydrogens is 234 g/mol. The number of benzene rings is 1. The van der Waals surface area contributed by atoms with Crippen LogP contribution >= 0.6 is 0 Å². The lowest BCUT2D eigenvalue weighted by Crippen LogP contribution is -2.43. The summed E-state index contributed by atoms with van der Waals surface area (Å²) in [5, 5.41) is 13.8. The number of aliphatic hydroxyl groups is 1. The number of hydrogen-bond acceptors (Lipinski definition) is 2. The summed E-state index contributed by atoms with van der Waals surface area (Å²) < 4.78 is 0. The molecule has 104 valence electrons. The summed E-state index contributed by atoms with van der Waals surface area (Å²) >= 11 is 0. The molecule has 0 aromatic heterocycles. The zero-order chi connectivity index (χ0) is 13.7. The van der Waals surface area contributed by atoms with Crippen LogP contribution in [0.5, 0.6) is 0 Å². The Labute approximate surface area is 116 Å². The molecule has 0 bridgehead atoms. The molecule has 1 aromatic rings. The lowest BCUT2D eigenvalue weighted by molar-refractivity contribution is -0.00519. The fraction of sp³-hybridized carbons (Fsp3) is 0.529. The third kappa shape index (κ3) is 4.19. The summed E-state index contributed by atoms with van der Waals surface area (Å²) in [6.45, 7) is 7.78. The van der Waals surface area contributed by atoms with E-state index in [0.717, 1.165) is 43.7 Å². The first-order chi connectivity index (χ1) is 9.09. The smallest absolute Gasteiger partial charge is 0.0771 e. The molecule has 0 spiro atoms. The van der Waals surface area contributed by atoms with Crippen molar-refractivity contribution >= 4 is 5.57 Å². The van der Waals surface area contributed by atoms with Crippen molar-refractivity contribution in [1.29, 1.82) is 0 Å². The zero-order valence-electron chi connectivity index (χ0n) is 11.9. The van der Waals surface area contributed by atoms with Crippen molar-refractivity contribution in [2.75, 3.05) is 13.1 Å². The molecule has 2 rings (SSSR count). The average Bonchev–Trinajstić information content (AvgIpc) is 2.43. The van der Waals surface area contributed by atoms with Crippen molar-refractivity contribution in [1.82, 2.24) is 5.32 Å². The highest BCUT2D eigenvalue weighted by Crippen LogP contribution is 2.31. The Morgan fingerprint density at radius 1 is 1.32 bits per heavy atom. The van der Waals surface area contributed by atoms with Crippen molar-refractivity contribution < 1.29 is 5.11 Å². The highest BCUT2D eigenvalue weighted by Gasteiger charge is 2.31. The van der Waals surface area contributed by atoms with Crippen molar-refractivity contribution in [3.63, 3.8) is 0 Å². The highest BCUT2D eigenvalue weighted by atomic mass is 16.3. The predicted molar refractivity (Wildman–Crippen MR) is 80.9 cm³/mol. The highest BCUT2D eigenvalue weighted by molar-refractivity contribution is 5.64. The fourth-order valence-electron chi connectivity index (χ4n) is 2.70. The summed E-state index contributed by atoms with van der Waals surface area (Å²) in [6, 6.07) is 10.2. The maximum atomic E-state index is 10.5. The van der Waals surface area contributed by atoms with Gasteiger partial charge in [0.15, 0.2) is 0 Å². The molecule has 2 N–H and O–H groups in total. The van der Waals surface area contributed by atoms with Crippen LogP contribution in [0.3, 0.4) is 0 Å². The summed E-state index contributed by atoms with van der Waals surface area (Å²) in [5.41, 5.74) is 1.73. The van der Waals surface area contributed by atoms with Gasteiger partial charge in [0.05, 0.1) is 5.60 Å². The van der Waals surface area contributed by atoms with Crippen LogP contribution in [0.25, 0.3) is 5.57 Å². The van der Waals surface area contributed by atoms with Gasteiger partial charge < -0.3 is 10.4 Å². The van der Waals surface area contributed by atoms with E-state index in [2.05, 4.69) is 31.0 Å². The molecule has 2 heteroatoms. The molecule has 1 aliphatic carbocycles. The summed E-state index contributed by atoms with van der Waals surface area (Å²) in [5.74, 6) is 0.763. The second kappa shape index (κ2) is 6.36. The van der Waals surface area contributed by atoms with Gasteiger partial charge in [0.2, 0.25) is 0 Å². The van der Waals surface area contributed by atoms with E-state index in [1.807, 2.05) is 18.2 Å². The van der Waals surface area contributed by atoms with Crippen molar-refractivity contribution in [2.45, 2.75) is 38.2 Å². The van der Waals surface area contributed by atoms with Crippen LogP contribution in [0.1, 0.15) is 38.2 Å². The van der Waals surface area contributed by atoms with Crippen LogP contribution in [0.4, 0.5) is 0 Å². The first-order valence-corrected chi connectivity index (χ1v) is 7.25. The number of rotatable bonds is 5. The second-order valence-corrected chi connectivity index (χ2v) is 5.98. The Morgan fingerprint density at radius 2 is 1.95 bits per heavy atom. The van der Waals surface area contributed by atoms with Crippen LogP contribution in [-0.4, -0.2) is 23.8 Å². The normalized spacial score (nSPS) is 27.2. The van der Waals surface area contributed by atoms with Gasteiger partial charge in [-0.3, -0.25) is 0 Å². The van der Waals surface area contributed by atoms with E-state index < -0.39 is 5.60 Å². The molecule has 1 aromatic carbocycles. The van der Waals surface area contributed by atoms with Crippen LogP contribution in [-0.2, 0) is 0 Å². The van der Waals surface area contributed by atoms with Crippen molar-refractivity contribution in [2.24, 2.45) is 5.92 Å². The third-order valence-electron chi connectivity index (χ3n) is 4.18. The molecule has 0 saturated heterocycles. The molecule has 0 amide bonds. The molecule has 19 heavy (non-hydrogen) atoms. The van der Waals surface area contributed by atoms with Crippen molar-refractivity contribution in [3.05, 3.63) is 42.5 Å². The van der Waals surface area contributed by atoms with Gasteiger partial charge in [-0.15, -0.1) is 0 Å². The molecule has 1 fully saturated rings.